The molecule has 0 spiro atoms. The zero-order chi connectivity index (χ0) is 13.9. The number of aliphatic hydroxyl groups excluding tert-OH is 1. The Morgan fingerprint density at radius 1 is 1.26 bits per heavy atom. The molecule has 1 rings (SSSR count). The third-order valence-corrected chi connectivity index (χ3v) is 2.51. The molecule has 0 atom stereocenters. The summed E-state index contributed by atoms with van der Waals surface area (Å²) in [5, 5.41) is 11.2. The molecule has 0 bridgehead atoms. The maximum atomic E-state index is 11.4. The SMILES string of the molecule is CCc1ccc(OCC(=O)NCCOCCO)cc1. The van der Waals surface area contributed by atoms with Crippen LogP contribution in [0.4, 0.5) is 0 Å². The number of rotatable bonds is 9. The molecular weight excluding hydrogens is 246 g/mol. The number of carbonyl (C=O) groups excluding carboxylic acids is 1. The molecule has 0 aromatic heterocycles. The van der Waals surface area contributed by atoms with Crippen molar-refractivity contribution in [3.05, 3.63) is 29.8 Å². The van der Waals surface area contributed by atoms with E-state index in [1.807, 2.05) is 24.3 Å². The topological polar surface area (TPSA) is 67.8 Å². The highest BCUT2D eigenvalue weighted by molar-refractivity contribution is 5.77. The zero-order valence-corrected chi connectivity index (χ0v) is 11.2. The fourth-order valence-electron chi connectivity index (χ4n) is 1.45. The largest absolute Gasteiger partial charge is 0.484 e. The van der Waals surface area contributed by atoms with Crippen molar-refractivity contribution >= 4 is 5.91 Å². The highest BCUT2D eigenvalue weighted by Crippen LogP contribution is 2.12. The van der Waals surface area contributed by atoms with Crippen molar-refractivity contribution in [2.75, 3.05) is 33.0 Å². The quantitative estimate of drug-likeness (QED) is 0.648. The van der Waals surface area contributed by atoms with Gasteiger partial charge in [-0.2, -0.15) is 0 Å². The van der Waals surface area contributed by atoms with Crippen molar-refractivity contribution < 1.29 is 19.4 Å². The number of nitrogens with one attached hydrogen (secondary N) is 1. The summed E-state index contributed by atoms with van der Waals surface area (Å²) in [5.74, 6) is 0.496. The van der Waals surface area contributed by atoms with Crippen molar-refractivity contribution in [1.82, 2.24) is 5.32 Å². The van der Waals surface area contributed by atoms with E-state index < -0.39 is 0 Å². The van der Waals surface area contributed by atoms with Crippen LogP contribution in [0.15, 0.2) is 24.3 Å². The summed E-state index contributed by atoms with van der Waals surface area (Å²) in [6, 6.07) is 7.68. The van der Waals surface area contributed by atoms with Gasteiger partial charge in [-0.1, -0.05) is 19.1 Å². The molecule has 1 aromatic carbocycles. The zero-order valence-electron chi connectivity index (χ0n) is 11.2. The van der Waals surface area contributed by atoms with Crippen molar-refractivity contribution in [3.63, 3.8) is 0 Å². The lowest BCUT2D eigenvalue weighted by Gasteiger charge is -2.08. The summed E-state index contributed by atoms with van der Waals surface area (Å²) in [4.78, 5) is 11.4. The molecule has 106 valence electrons. The van der Waals surface area contributed by atoms with Crippen LogP contribution in [-0.4, -0.2) is 44.0 Å². The van der Waals surface area contributed by atoms with Gasteiger partial charge in [0, 0.05) is 6.54 Å². The first-order chi connectivity index (χ1) is 9.26. The van der Waals surface area contributed by atoms with Crippen LogP contribution in [0.1, 0.15) is 12.5 Å². The number of ether oxygens (including phenoxy) is 2. The van der Waals surface area contributed by atoms with Gasteiger partial charge in [0.2, 0.25) is 0 Å². The molecule has 2 N–H and O–H groups in total. The molecule has 0 radical (unpaired) electrons. The molecule has 0 unspecified atom stereocenters. The molecule has 0 fully saturated rings. The van der Waals surface area contributed by atoms with E-state index in [2.05, 4.69) is 12.2 Å². The van der Waals surface area contributed by atoms with Crippen molar-refractivity contribution in [2.24, 2.45) is 0 Å². The maximum absolute atomic E-state index is 11.4. The molecule has 0 aliphatic carbocycles. The predicted molar refractivity (Wildman–Crippen MR) is 72.2 cm³/mol. The van der Waals surface area contributed by atoms with E-state index in [4.69, 9.17) is 14.6 Å². The summed E-state index contributed by atoms with van der Waals surface area (Å²) < 4.78 is 10.4. The first-order valence-electron chi connectivity index (χ1n) is 6.43. The van der Waals surface area contributed by atoms with E-state index in [1.165, 1.54) is 5.56 Å². The number of amides is 1. The minimum atomic E-state index is -0.188. The predicted octanol–water partition coefficient (Wildman–Crippen LogP) is 0.753. The lowest BCUT2D eigenvalue weighted by Crippen LogP contribution is -2.31. The molecule has 19 heavy (non-hydrogen) atoms. The minimum absolute atomic E-state index is 0.00846. The van der Waals surface area contributed by atoms with Gasteiger partial charge in [-0.25, -0.2) is 0 Å². The third-order valence-electron chi connectivity index (χ3n) is 2.51. The van der Waals surface area contributed by atoms with Crippen molar-refractivity contribution in [3.8, 4) is 5.75 Å². The number of benzene rings is 1. The van der Waals surface area contributed by atoms with Gasteiger partial charge < -0.3 is 19.9 Å². The minimum Gasteiger partial charge on any atom is -0.484 e. The van der Waals surface area contributed by atoms with E-state index >= 15 is 0 Å². The van der Waals surface area contributed by atoms with Crippen molar-refractivity contribution in [1.29, 1.82) is 0 Å². The number of carbonyl (C=O) groups is 1. The molecule has 0 heterocycles. The Balaban J connectivity index is 2.15. The van der Waals surface area contributed by atoms with Gasteiger partial charge in [0.05, 0.1) is 19.8 Å². The van der Waals surface area contributed by atoms with Crippen LogP contribution >= 0.6 is 0 Å². The summed E-state index contributed by atoms with van der Waals surface area (Å²) in [6.45, 7) is 3.16. The van der Waals surface area contributed by atoms with Gasteiger partial charge >= 0.3 is 0 Å². The molecule has 5 heteroatoms. The van der Waals surface area contributed by atoms with Gasteiger partial charge in [-0.15, -0.1) is 0 Å². The van der Waals surface area contributed by atoms with E-state index in [1.54, 1.807) is 0 Å². The maximum Gasteiger partial charge on any atom is 0.258 e. The Kier molecular flexibility index (Phi) is 7.62. The molecule has 0 saturated heterocycles. The molecule has 5 nitrogen and oxygen atoms in total. The fraction of sp³-hybridized carbons (Fsp3) is 0.500. The molecule has 0 aliphatic heterocycles. The Hall–Kier alpha value is -1.59. The number of aliphatic hydroxyl groups is 1. The normalized spacial score (nSPS) is 10.2. The van der Waals surface area contributed by atoms with Crippen LogP contribution in [0.25, 0.3) is 0 Å². The van der Waals surface area contributed by atoms with E-state index in [0.717, 1.165) is 6.42 Å². The Labute approximate surface area is 113 Å². The van der Waals surface area contributed by atoms with Gasteiger partial charge in [-0.05, 0) is 24.1 Å². The summed E-state index contributed by atoms with van der Waals surface area (Å²) in [7, 11) is 0. The molecule has 0 saturated carbocycles. The summed E-state index contributed by atoms with van der Waals surface area (Å²) in [6.07, 6.45) is 0.981. The monoisotopic (exact) mass is 267 g/mol. The number of aryl methyl sites for hydroxylation is 1. The van der Waals surface area contributed by atoms with Gasteiger partial charge in [0.1, 0.15) is 5.75 Å². The van der Waals surface area contributed by atoms with Crippen LogP contribution in [0.2, 0.25) is 0 Å². The lowest BCUT2D eigenvalue weighted by atomic mass is 10.2. The lowest BCUT2D eigenvalue weighted by molar-refractivity contribution is -0.123. The molecule has 1 amide bonds. The first-order valence-corrected chi connectivity index (χ1v) is 6.43. The number of hydrogen-bond acceptors (Lipinski definition) is 4. The highest BCUT2D eigenvalue weighted by Gasteiger charge is 2.02. The second kappa shape index (κ2) is 9.35. The fourth-order valence-corrected chi connectivity index (χ4v) is 1.45. The Bertz CT molecular complexity index is 364. The second-order valence-electron chi connectivity index (χ2n) is 3.97. The van der Waals surface area contributed by atoms with Crippen LogP contribution in [0, 0.1) is 0 Å². The van der Waals surface area contributed by atoms with Crippen molar-refractivity contribution in [2.45, 2.75) is 13.3 Å². The third kappa shape index (κ3) is 6.79. The van der Waals surface area contributed by atoms with E-state index in [-0.39, 0.29) is 25.7 Å². The van der Waals surface area contributed by atoms with E-state index in [0.29, 0.717) is 18.9 Å². The highest BCUT2D eigenvalue weighted by atomic mass is 16.5. The molecule has 1 aromatic rings. The average Bonchev–Trinajstić information content (AvgIpc) is 2.45. The second-order valence-corrected chi connectivity index (χ2v) is 3.97. The standard InChI is InChI=1S/C14H21NO4/c1-2-12-3-5-13(6-4-12)19-11-14(17)15-7-9-18-10-8-16/h3-6,16H,2,7-11H2,1H3,(H,15,17). The Morgan fingerprint density at radius 3 is 2.63 bits per heavy atom. The van der Waals surface area contributed by atoms with Gasteiger partial charge in [-0.3, -0.25) is 4.79 Å². The van der Waals surface area contributed by atoms with Crippen LogP contribution in [0.3, 0.4) is 0 Å². The van der Waals surface area contributed by atoms with Crippen LogP contribution in [-0.2, 0) is 16.0 Å². The van der Waals surface area contributed by atoms with Crippen LogP contribution < -0.4 is 10.1 Å². The van der Waals surface area contributed by atoms with E-state index in [9.17, 15) is 4.79 Å². The van der Waals surface area contributed by atoms with Gasteiger partial charge in [0.15, 0.2) is 6.61 Å². The van der Waals surface area contributed by atoms with Gasteiger partial charge in [0.25, 0.3) is 5.91 Å². The molecule has 0 aliphatic rings. The number of hydrogen-bond donors (Lipinski definition) is 2. The first kappa shape index (κ1) is 15.5. The summed E-state index contributed by atoms with van der Waals surface area (Å²) in [5.41, 5.74) is 1.23. The Morgan fingerprint density at radius 2 is 2.00 bits per heavy atom. The molecular formula is C14H21NO4. The average molecular weight is 267 g/mol. The summed E-state index contributed by atoms with van der Waals surface area (Å²) >= 11 is 0. The van der Waals surface area contributed by atoms with Crippen LogP contribution in [0.5, 0.6) is 5.75 Å². The smallest absolute Gasteiger partial charge is 0.258 e.